The molecule has 1 unspecified atom stereocenters. The van der Waals surface area contributed by atoms with Gasteiger partial charge in [0.15, 0.2) is 0 Å². The Kier molecular flexibility index (Phi) is 4.78. The van der Waals surface area contributed by atoms with Crippen molar-refractivity contribution in [3.63, 3.8) is 0 Å². The molecule has 0 radical (unpaired) electrons. The summed E-state index contributed by atoms with van der Waals surface area (Å²) < 4.78 is 0. The first-order valence-electron chi connectivity index (χ1n) is 5.13. The molecule has 15 heavy (non-hydrogen) atoms. The molecule has 4 heteroatoms. The highest BCUT2D eigenvalue weighted by molar-refractivity contribution is 7.07. The highest BCUT2D eigenvalue weighted by atomic mass is 32.1. The molecule has 1 atom stereocenters. The minimum Gasteiger partial charge on any atom is -0.481 e. The molecule has 0 aliphatic heterocycles. The Hall–Kier alpha value is -0.870. The maximum absolute atomic E-state index is 10.5. The van der Waals surface area contributed by atoms with Crippen LogP contribution < -0.4 is 0 Å². The van der Waals surface area contributed by atoms with Crippen LogP contribution in [0.15, 0.2) is 16.8 Å². The van der Waals surface area contributed by atoms with E-state index in [-0.39, 0.29) is 6.42 Å². The summed E-state index contributed by atoms with van der Waals surface area (Å²) in [6.07, 6.45) is 0.211. The third-order valence-electron chi connectivity index (χ3n) is 2.59. The minimum absolute atomic E-state index is 0.211. The van der Waals surface area contributed by atoms with E-state index >= 15 is 0 Å². The Morgan fingerprint density at radius 2 is 2.40 bits per heavy atom. The van der Waals surface area contributed by atoms with E-state index in [1.54, 1.807) is 11.3 Å². The van der Waals surface area contributed by atoms with Gasteiger partial charge in [0.1, 0.15) is 0 Å². The monoisotopic (exact) mass is 227 g/mol. The van der Waals surface area contributed by atoms with Crippen molar-refractivity contribution < 1.29 is 9.90 Å². The number of hydrogen-bond acceptors (Lipinski definition) is 3. The van der Waals surface area contributed by atoms with Crippen LogP contribution in [0, 0.1) is 0 Å². The fourth-order valence-electron chi connectivity index (χ4n) is 1.59. The number of carboxylic acid groups (broad SMARTS) is 1. The minimum atomic E-state index is -0.731. The smallest absolute Gasteiger partial charge is 0.304 e. The maximum atomic E-state index is 10.5. The van der Waals surface area contributed by atoms with Crippen molar-refractivity contribution in [2.24, 2.45) is 0 Å². The van der Waals surface area contributed by atoms with Gasteiger partial charge in [-0.2, -0.15) is 11.3 Å². The highest BCUT2D eigenvalue weighted by Gasteiger charge is 2.14. The Morgan fingerprint density at radius 1 is 1.67 bits per heavy atom. The number of nitrogens with zero attached hydrogens (tertiary/aromatic N) is 1. The first-order chi connectivity index (χ1) is 7.15. The SMILES string of the molecule is CCN(CCC(=O)O)C(C)c1ccsc1. The Balaban J connectivity index is 2.54. The number of aliphatic carboxylic acids is 1. The van der Waals surface area contributed by atoms with E-state index in [1.807, 2.05) is 0 Å². The van der Waals surface area contributed by atoms with Gasteiger partial charge in [-0.3, -0.25) is 9.69 Å². The molecule has 0 fully saturated rings. The van der Waals surface area contributed by atoms with Gasteiger partial charge in [-0.05, 0) is 35.9 Å². The van der Waals surface area contributed by atoms with Gasteiger partial charge in [-0.1, -0.05) is 6.92 Å². The lowest BCUT2D eigenvalue weighted by molar-refractivity contribution is -0.137. The average Bonchev–Trinajstić information content (AvgIpc) is 2.70. The van der Waals surface area contributed by atoms with Gasteiger partial charge < -0.3 is 5.11 Å². The predicted octanol–water partition coefficient (Wildman–Crippen LogP) is 2.61. The van der Waals surface area contributed by atoms with Crippen molar-refractivity contribution in [3.05, 3.63) is 22.4 Å². The number of carbonyl (C=O) groups is 1. The van der Waals surface area contributed by atoms with Gasteiger partial charge in [0.05, 0.1) is 6.42 Å². The van der Waals surface area contributed by atoms with Crippen molar-refractivity contribution in [3.8, 4) is 0 Å². The van der Waals surface area contributed by atoms with Crippen molar-refractivity contribution in [2.45, 2.75) is 26.3 Å². The fraction of sp³-hybridized carbons (Fsp3) is 0.545. The standard InChI is InChI=1S/C11H17NO2S/c1-3-12(6-4-11(13)14)9(2)10-5-7-15-8-10/h5,7-9H,3-4,6H2,1-2H3,(H,13,14). The van der Waals surface area contributed by atoms with Crippen LogP contribution >= 0.6 is 11.3 Å². The molecule has 1 aromatic heterocycles. The second-order valence-electron chi connectivity index (χ2n) is 3.50. The number of carboxylic acids is 1. The lowest BCUT2D eigenvalue weighted by Crippen LogP contribution is -2.28. The zero-order chi connectivity index (χ0) is 11.3. The van der Waals surface area contributed by atoms with Crippen molar-refractivity contribution in [1.29, 1.82) is 0 Å². The molecule has 0 saturated heterocycles. The van der Waals surface area contributed by atoms with Gasteiger partial charge >= 0.3 is 5.97 Å². The van der Waals surface area contributed by atoms with Crippen molar-refractivity contribution in [2.75, 3.05) is 13.1 Å². The Morgan fingerprint density at radius 3 is 2.87 bits per heavy atom. The lowest BCUT2D eigenvalue weighted by Gasteiger charge is -2.26. The van der Waals surface area contributed by atoms with Gasteiger partial charge in [0.2, 0.25) is 0 Å². The lowest BCUT2D eigenvalue weighted by atomic mass is 10.1. The van der Waals surface area contributed by atoms with Crippen LogP contribution in [-0.2, 0) is 4.79 Å². The van der Waals surface area contributed by atoms with Crippen LogP contribution in [-0.4, -0.2) is 29.1 Å². The van der Waals surface area contributed by atoms with E-state index in [0.29, 0.717) is 12.6 Å². The van der Waals surface area contributed by atoms with Gasteiger partial charge in [0, 0.05) is 12.6 Å². The molecule has 1 N–H and O–H groups in total. The topological polar surface area (TPSA) is 40.5 Å². The van der Waals surface area contributed by atoms with Crippen LogP contribution in [0.2, 0.25) is 0 Å². The Bertz CT molecular complexity index is 298. The summed E-state index contributed by atoms with van der Waals surface area (Å²) in [6, 6.07) is 2.40. The number of rotatable bonds is 6. The molecule has 3 nitrogen and oxygen atoms in total. The zero-order valence-corrected chi connectivity index (χ0v) is 9.96. The number of hydrogen-bond donors (Lipinski definition) is 1. The summed E-state index contributed by atoms with van der Waals surface area (Å²) in [6.45, 7) is 5.67. The normalized spacial score (nSPS) is 13.0. The molecular formula is C11H17NO2S. The second-order valence-corrected chi connectivity index (χ2v) is 4.29. The molecular weight excluding hydrogens is 210 g/mol. The van der Waals surface area contributed by atoms with Gasteiger partial charge in [-0.25, -0.2) is 0 Å². The molecule has 1 heterocycles. The third-order valence-corrected chi connectivity index (χ3v) is 3.29. The largest absolute Gasteiger partial charge is 0.481 e. The van der Waals surface area contributed by atoms with E-state index in [1.165, 1.54) is 5.56 Å². The van der Waals surface area contributed by atoms with E-state index in [2.05, 4.69) is 35.6 Å². The summed E-state index contributed by atoms with van der Waals surface area (Å²) in [4.78, 5) is 12.7. The molecule has 84 valence electrons. The Labute approximate surface area is 94.3 Å². The average molecular weight is 227 g/mol. The van der Waals surface area contributed by atoms with Gasteiger partial charge in [-0.15, -0.1) is 0 Å². The fourth-order valence-corrected chi connectivity index (χ4v) is 2.34. The molecule has 0 amide bonds. The van der Waals surface area contributed by atoms with E-state index in [9.17, 15) is 4.79 Å². The summed E-state index contributed by atoms with van der Waals surface area (Å²) in [5.41, 5.74) is 1.27. The summed E-state index contributed by atoms with van der Waals surface area (Å²) in [5.74, 6) is -0.731. The van der Waals surface area contributed by atoms with Crippen LogP contribution in [0.5, 0.6) is 0 Å². The van der Waals surface area contributed by atoms with Crippen LogP contribution in [0.1, 0.15) is 31.9 Å². The van der Waals surface area contributed by atoms with E-state index in [4.69, 9.17) is 5.11 Å². The predicted molar refractivity (Wildman–Crippen MR) is 62.2 cm³/mol. The quantitative estimate of drug-likeness (QED) is 0.812. The van der Waals surface area contributed by atoms with E-state index < -0.39 is 5.97 Å². The third kappa shape index (κ3) is 3.64. The summed E-state index contributed by atoms with van der Waals surface area (Å²) in [7, 11) is 0. The van der Waals surface area contributed by atoms with E-state index in [0.717, 1.165) is 6.54 Å². The second kappa shape index (κ2) is 5.88. The molecule has 0 bridgehead atoms. The molecule has 0 saturated carbocycles. The molecule has 1 rings (SSSR count). The zero-order valence-electron chi connectivity index (χ0n) is 9.14. The highest BCUT2D eigenvalue weighted by Crippen LogP contribution is 2.22. The molecule has 1 aromatic rings. The first-order valence-corrected chi connectivity index (χ1v) is 6.07. The summed E-state index contributed by atoms with van der Waals surface area (Å²) >= 11 is 1.68. The van der Waals surface area contributed by atoms with Crippen LogP contribution in [0.25, 0.3) is 0 Å². The van der Waals surface area contributed by atoms with Gasteiger partial charge in [0.25, 0.3) is 0 Å². The molecule has 0 aliphatic carbocycles. The molecule has 0 spiro atoms. The molecule has 0 aliphatic rings. The number of thiophene rings is 1. The summed E-state index contributed by atoms with van der Waals surface area (Å²) in [5, 5.41) is 12.8. The first kappa shape index (κ1) is 12.2. The maximum Gasteiger partial charge on any atom is 0.304 e. The molecule has 0 aromatic carbocycles. The van der Waals surface area contributed by atoms with Crippen molar-refractivity contribution in [1.82, 2.24) is 4.90 Å². The van der Waals surface area contributed by atoms with Crippen LogP contribution in [0.4, 0.5) is 0 Å². The van der Waals surface area contributed by atoms with Crippen LogP contribution in [0.3, 0.4) is 0 Å². The van der Waals surface area contributed by atoms with Crippen molar-refractivity contribution >= 4 is 17.3 Å².